The fraction of sp³-hybridized carbons (Fsp3) is 0.267. The molecule has 0 aliphatic carbocycles. The molecular formula is C30H33NO2. The normalized spacial score (nSPS) is 11.3. The van der Waals surface area contributed by atoms with Crippen molar-refractivity contribution in [3.8, 4) is 39.6 Å². The molecule has 0 saturated carbocycles. The maximum atomic E-state index is 5.54. The Morgan fingerprint density at radius 1 is 0.606 bits per heavy atom. The van der Waals surface area contributed by atoms with E-state index in [0.29, 0.717) is 11.8 Å². The molecule has 170 valence electrons. The first kappa shape index (κ1) is 22.7. The number of ether oxygens (including phenoxy) is 2. The molecule has 0 bridgehead atoms. The highest BCUT2D eigenvalue weighted by atomic mass is 16.5. The molecule has 0 aliphatic rings. The average Bonchev–Trinajstić information content (AvgIpc) is 3.32. The van der Waals surface area contributed by atoms with Crippen molar-refractivity contribution in [1.29, 1.82) is 0 Å². The summed E-state index contributed by atoms with van der Waals surface area (Å²) in [6.07, 6.45) is 2.18. The van der Waals surface area contributed by atoms with Crippen molar-refractivity contribution in [2.45, 2.75) is 39.5 Å². The minimum atomic E-state index is 0.357. The second-order valence-electron chi connectivity index (χ2n) is 9.04. The lowest BCUT2D eigenvalue weighted by molar-refractivity contribution is 0.394. The summed E-state index contributed by atoms with van der Waals surface area (Å²) in [5, 5.41) is 0. The summed E-state index contributed by atoms with van der Waals surface area (Å²) in [7, 11) is 3.38. The Morgan fingerprint density at radius 3 is 1.67 bits per heavy atom. The molecule has 4 aromatic rings. The van der Waals surface area contributed by atoms with Crippen LogP contribution in [0.25, 0.3) is 28.1 Å². The number of nitrogens with zero attached hydrogens (tertiary/aromatic N) is 1. The molecule has 0 atom stereocenters. The zero-order valence-electron chi connectivity index (χ0n) is 20.4. The van der Waals surface area contributed by atoms with E-state index in [-0.39, 0.29) is 0 Å². The van der Waals surface area contributed by atoms with Crippen LogP contribution in [0.4, 0.5) is 0 Å². The number of methoxy groups -OCH3 is 2. The van der Waals surface area contributed by atoms with Gasteiger partial charge in [0.1, 0.15) is 11.5 Å². The van der Waals surface area contributed by atoms with Crippen LogP contribution >= 0.6 is 0 Å². The summed E-state index contributed by atoms with van der Waals surface area (Å²) in [4.78, 5) is 0. The van der Waals surface area contributed by atoms with Gasteiger partial charge in [0.15, 0.2) is 0 Å². The number of aromatic nitrogens is 1. The Bertz CT molecular complexity index is 1180. The summed E-state index contributed by atoms with van der Waals surface area (Å²) >= 11 is 0. The predicted molar refractivity (Wildman–Crippen MR) is 138 cm³/mol. The van der Waals surface area contributed by atoms with Gasteiger partial charge in [0.2, 0.25) is 0 Å². The molecule has 0 fully saturated rings. The van der Waals surface area contributed by atoms with Gasteiger partial charge in [0, 0.05) is 12.3 Å². The highest BCUT2D eigenvalue weighted by molar-refractivity contribution is 5.74. The molecule has 33 heavy (non-hydrogen) atoms. The second kappa shape index (κ2) is 9.58. The van der Waals surface area contributed by atoms with Gasteiger partial charge in [0.05, 0.1) is 25.6 Å². The summed E-state index contributed by atoms with van der Waals surface area (Å²) in [5.74, 6) is 2.30. The SMILES string of the molecule is COc1cc(OC)cc(-c2cc(C(C)C)c(-n3cccc3-c3ccccc3)c(C(C)C)c2)c1. The lowest BCUT2D eigenvalue weighted by Gasteiger charge is -2.24. The van der Waals surface area contributed by atoms with Gasteiger partial charge in [-0.05, 0) is 76.1 Å². The molecule has 3 heteroatoms. The standard InChI is InChI=1S/C30H33NO2/c1-20(2)27-17-24(23-15-25(32-5)19-26(16-23)33-6)18-28(21(3)4)30(27)31-14-10-13-29(31)22-11-8-7-9-12-22/h7-21H,1-6H3. The highest BCUT2D eigenvalue weighted by Crippen LogP contribution is 2.39. The third kappa shape index (κ3) is 4.54. The fourth-order valence-corrected chi connectivity index (χ4v) is 4.40. The topological polar surface area (TPSA) is 23.4 Å². The van der Waals surface area contributed by atoms with Crippen LogP contribution in [0.2, 0.25) is 0 Å². The summed E-state index contributed by atoms with van der Waals surface area (Å²) < 4.78 is 13.4. The van der Waals surface area contributed by atoms with E-state index in [9.17, 15) is 0 Å². The van der Waals surface area contributed by atoms with Gasteiger partial charge >= 0.3 is 0 Å². The predicted octanol–water partition coefficient (Wildman–Crippen LogP) is 8.08. The van der Waals surface area contributed by atoms with Crippen LogP contribution in [0.5, 0.6) is 11.5 Å². The first-order chi connectivity index (χ1) is 15.9. The molecular weight excluding hydrogens is 406 g/mol. The van der Waals surface area contributed by atoms with Gasteiger partial charge in [-0.25, -0.2) is 0 Å². The second-order valence-corrected chi connectivity index (χ2v) is 9.04. The molecule has 3 aromatic carbocycles. The maximum absolute atomic E-state index is 5.54. The Labute approximate surface area is 197 Å². The first-order valence-electron chi connectivity index (χ1n) is 11.6. The number of benzene rings is 3. The van der Waals surface area contributed by atoms with E-state index in [1.807, 2.05) is 6.07 Å². The van der Waals surface area contributed by atoms with Crippen molar-refractivity contribution in [2.24, 2.45) is 0 Å². The van der Waals surface area contributed by atoms with E-state index in [1.54, 1.807) is 14.2 Å². The largest absolute Gasteiger partial charge is 0.497 e. The van der Waals surface area contributed by atoms with Gasteiger partial charge < -0.3 is 14.0 Å². The quantitative estimate of drug-likeness (QED) is 0.290. The molecule has 3 nitrogen and oxygen atoms in total. The van der Waals surface area contributed by atoms with Crippen molar-refractivity contribution in [2.75, 3.05) is 14.2 Å². The van der Waals surface area contributed by atoms with Crippen molar-refractivity contribution in [3.05, 3.63) is 90.1 Å². The molecule has 1 heterocycles. The molecule has 0 saturated heterocycles. The van der Waals surface area contributed by atoms with E-state index in [0.717, 1.165) is 17.1 Å². The van der Waals surface area contributed by atoms with Crippen LogP contribution in [-0.2, 0) is 0 Å². The molecule has 0 N–H and O–H groups in total. The molecule has 0 unspecified atom stereocenters. The highest BCUT2D eigenvalue weighted by Gasteiger charge is 2.20. The smallest absolute Gasteiger partial charge is 0.123 e. The fourth-order valence-electron chi connectivity index (χ4n) is 4.40. The van der Waals surface area contributed by atoms with E-state index >= 15 is 0 Å². The van der Waals surface area contributed by atoms with E-state index in [1.165, 1.54) is 33.6 Å². The van der Waals surface area contributed by atoms with E-state index < -0.39 is 0 Å². The van der Waals surface area contributed by atoms with E-state index in [4.69, 9.17) is 9.47 Å². The Morgan fingerprint density at radius 2 is 1.15 bits per heavy atom. The number of hydrogen-bond acceptors (Lipinski definition) is 2. The van der Waals surface area contributed by atoms with Crippen molar-refractivity contribution in [1.82, 2.24) is 4.57 Å². The number of rotatable bonds is 7. The molecule has 0 radical (unpaired) electrons. The zero-order valence-corrected chi connectivity index (χ0v) is 20.4. The first-order valence-corrected chi connectivity index (χ1v) is 11.6. The Hall–Kier alpha value is -3.46. The third-order valence-electron chi connectivity index (χ3n) is 6.16. The van der Waals surface area contributed by atoms with Crippen molar-refractivity contribution >= 4 is 0 Å². The van der Waals surface area contributed by atoms with Crippen LogP contribution in [0.3, 0.4) is 0 Å². The zero-order chi connectivity index (χ0) is 23.5. The summed E-state index contributed by atoms with van der Waals surface area (Å²) in [6, 6.07) is 25.7. The van der Waals surface area contributed by atoms with Crippen LogP contribution in [0.15, 0.2) is 79.0 Å². The van der Waals surface area contributed by atoms with Crippen LogP contribution in [0, 0.1) is 0 Å². The van der Waals surface area contributed by atoms with E-state index in [2.05, 4.69) is 105 Å². The van der Waals surface area contributed by atoms with Gasteiger partial charge in [0.25, 0.3) is 0 Å². The summed E-state index contributed by atoms with van der Waals surface area (Å²) in [5.41, 5.74) is 8.62. The van der Waals surface area contributed by atoms with Crippen molar-refractivity contribution < 1.29 is 9.47 Å². The van der Waals surface area contributed by atoms with Crippen molar-refractivity contribution in [3.63, 3.8) is 0 Å². The monoisotopic (exact) mass is 439 g/mol. The molecule has 0 spiro atoms. The Kier molecular flexibility index (Phi) is 6.60. The molecule has 0 amide bonds. The third-order valence-corrected chi connectivity index (χ3v) is 6.16. The van der Waals surface area contributed by atoms with Gasteiger partial charge in [-0.15, -0.1) is 0 Å². The van der Waals surface area contributed by atoms with Gasteiger partial charge in [-0.2, -0.15) is 0 Å². The lowest BCUT2D eigenvalue weighted by Crippen LogP contribution is -2.08. The average molecular weight is 440 g/mol. The molecule has 0 aliphatic heterocycles. The minimum Gasteiger partial charge on any atom is -0.497 e. The van der Waals surface area contributed by atoms with Gasteiger partial charge in [-0.3, -0.25) is 0 Å². The summed E-state index contributed by atoms with van der Waals surface area (Å²) in [6.45, 7) is 9.07. The maximum Gasteiger partial charge on any atom is 0.123 e. The van der Waals surface area contributed by atoms with Crippen LogP contribution in [-0.4, -0.2) is 18.8 Å². The molecule has 4 rings (SSSR count). The van der Waals surface area contributed by atoms with Crippen LogP contribution < -0.4 is 9.47 Å². The molecule has 1 aromatic heterocycles. The lowest BCUT2D eigenvalue weighted by atomic mass is 9.88. The number of hydrogen-bond donors (Lipinski definition) is 0. The minimum absolute atomic E-state index is 0.357. The van der Waals surface area contributed by atoms with Gasteiger partial charge in [-0.1, -0.05) is 58.0 Å². The Balaban J connectivity index is 1.97. The van der Waals surface area contributed by atoms with Crippen LogP contribution in [0.1, 0.15) is 50.7 Å².